The van der Waals surface area contributed by atoms with Gasteiger partial charge in [0, 0.05) is 0 Å². The van der Waals surface area contributed by atoms with E-state index in [0.717, 1.165) is 16.9 Å². The van der Waals surface area contributed by atoms with Crippen molar-refractivity contribution in [1.29, 1.82) is 5.41 Å². The highest BCUT2D eigenvalue weighted by molar-refractivity contribution is 5.69. The number of fused-ring (bicyclic) bond motifs is 2. The Kier molecular flexibility index (Phi) is 4.90. The number of ether oxygens (including phenoxy) is 3. The molecule has 0 saturated carbocycles. The van der Waals surface area contributed by atoms with Gasteiger partial charge < -0.3 is 23.8 Å². The number of aromatic nitrogens is 4. The Balaban J connectivity index is 1.43. The second-order valence-electron chi connectivity index (χ2n) is 8.12. The van der Waals surface area contributed by atoms with Crippen molar-refractivity contribution < 1.29 is 18.6 Å². The van der Waals surface area contributed by atoms with Gasteiger partial charge >= 0.3 is 0 Å². The zero-order valence-electron chi connectivity index (χ0n) is 17.7. The predicted octanol–water partition coefficient (Wildman–Crippen LogP) is 3.61. The van der Waals surface area contributed by atoms with Gasteiger partial charge in [-0.15, -0.1) is 0 Å². The fourth-order valence-corrected chi connectivity index (χ4v) is 3.53. The molecule has 164 valence electrons. The van der Waals surface area contributed by atoms with E-state index in [1.165, 1.54) is 12.1 Å². The highest BCUT2D eigenvalue weighted by Crippen LogP contribution is 2.33. The molecule has 0 saturated heterocycles. The molecule has 0 aliphatic carbocycles. The Morgan fingerprint density at radius 1 is 1.12 bits per heavy atom. The van der Waals surface area contributed by atoms with Crippen LogP contribution in [0.5, 0.6) is 11.5 Å². The van der Waals surface area contributed by atoms with E-state index in [1.807, 2.05) is 36.6 Å². The summed E-state index contributed by atoms with van der Waals surface area (Å²) in [6, 6.07) is 12.0. The molecule has 5 rings (SSSR count). The molecule has 0 radical (unpaired) electrons. The van der Waals surface area contributed by atoms with E-state index in [2.05, 4.69) is 9.97 Å². The largest absolute Gasteiger partial charge is 0.454 e. The molecule has 0 spiro atoms. The van der Waals surface area contributed by atoms with Crippen molar-refractivity contribution in [3.63, 3.8) is 0 Å². The van der Waals surface area contributed by atoms with Gasteiger partial charge in [0.1, 0.15) is 22.8 Å². The Morgan fingerprint density at radius 2 is 1.88 bits per heavy atom. The van der Waals surface area contributed by atoms with E-state index in [0.29, 0.717) is 35.9 Å². The molecule has 32 heavy (non-hydrogen) atoms. The summed E-state index contributed by atoms with van der Waals surface area (Å²) in [5.41, 5.74) is 2.33. The third kappa shape index (κ3) is 3.82. The number of nitrogens with one attached hydrogen (secondary N) is 2. The van der Waals surface area contributed by atoms with Gasteiger partial charge in [-0.2, -0.15) is 0 Å². The van der Waals surface area contributed by atoms with Gasteiger partial charge in [0.15, 0.2) is 22.6 Å². The molecular weight excluding hydrogens is 413 g/mol. The van der Waals surface area contributed by atoms with Crippen LogP contribution in [-0.4, -0.2) is 26.3 Å². The quantitative estimate of drug-likeness (QED) is 0.482. The summed E-state index contributed by atoms with van der Waals surface area (Å²) in [5.74, 6) is 1.73. The second-order valence-corrected chi connectivity index (χ2v) is 8.12. The zero-order valence-corrected chi connectivity index (χ0v) is 17.7. The van der Waals surface area contributed by atoms with Crippen molar-refractivity contribution in [2.24, 2.45) is 0 Å². The highest BCUT2D eigenvalue weighted by atomic mass is 19.1. The maximum atomic E-state index is 13.1. The predicted molar refractivity (Wildman–Crippen MR) is 114 cm³/mol. The van der Waals surface area contributed by atoms with Crippen LogP contribution in [0, 0.1) is 11.2 Å². The molecule has 0 amide bonds. The number of nitrogens with zero attached hydrogens (tertiary/aromatic N) is 3. The third-order valence-electron chi connectivity index (χ3n) is 5.39. The lowest BCUT2D eigenvalue weighted by Gasteiger charge is -2.23. The molecule has 0 atom stereocenters. The van der Waals surface area contributed by atoms with Crippen molar-refractivity contribution in [3.8, 4) is 11.5 Å². The molecule has 0 bridgehead atoms. The average molecular weight is 435 g/mol. The van der Waals surface area contributed by atoms with E-state index >= 15 is 0 Å². The fraction of sp³-hybridized carbons (Fsp3) is 0.261. The van der Waals surface area contributed by atoms with E-state index in [1.54, 1.807) is 18.5 Å². The molecule has 2 N–H and O–H groups in total. The van der Waals surface area contributed by atoms with Crippen molar-refractivity contribution in [2.75, 3.05) is 6.79 Å². The highest BCUT2D eigenvalue weighted by Gasteiger charge is 2.27. The number of halogens is 1. The van der Waals surface area contributed by atoms with Crippen LogP contribution in [0.4, 0.5) is 4.39 Å². The number of rotatable bonds is 6. The third-order valence-corrected chi connectivity index (χ3v) is 5.39. The smallest absolute Gasteiger partial charge is 0.231 e. The van der Waals surface area contributed by atoms with E-state index in [4.69, 9.17) is 24.6 Å². The number of hydrogen-bond acceptors (Lipinski definition) is 6. The second kappa shape index (κ2) is 7.76. The summed E-state index contributed by atoms with van der Waals surface area (Å²) < 4.78 is 31.9. The Bertz CT molecular complexity index is 1340. The van der Waals surface area contributed by atoms with E-state index < -0.39 is 5.60 Å². The van der Waals surface area contributed by atoms with Gasteiger partial charge in [-0.3, -0.25) is 5.41 Å². The summed E-state index contributed by atoms with van der Waals surface area (Å²) >= 11 is 0. The minimum Gasteiger partial charge on any atom is -0.454 e. The van der Waals surface area contributed by atoms with Gasteiger partial charge in [-0.05, 0) is 49.2 Å². The lowest BCUT2D eigenvalue weighted by molar-refractivity contribution is -0.0393. The topological polar surface area (TPSA) is 98.0 Å². The van der Waals surface area contributed by atoms with Gasteiger partial charge in [-0.25, -0.2) is 14.4 Å². The van der Waals surface area contributed by atoms with E-state index in [9.17, 15) is 4.39 Å². The number of benzene rings is 2. The minimum absolute atomic E-state index is 0.107. The standard InChI is InChI=1S/C23H22FN5O3/c1-23(2,32-11-14-3-6-16(24)7-4-14)22-27-19-20(25)26-12-29(21(19)28-22)10-15-5-8-17-18(9-15)31-13-30-17/h3-9,12,25H,10-11,13H2,1-2H3,(H,27,28). The first kappa shape index (κ1) is 20.2. The lowest BCUT2D eigenvalue weighted by Crippen LogP contribution is -2.23. The SMILES string of the molecule is CC(C)(OCc1ccc(F)cc1)c1nc2c([nH]1)c(=N)ncn2Cc1ccc2c(c1)OCO2. The molecule has 0 fully saturated rings. The Hall–Kier alpha value is -3.72. The van der Waals surface area contributed by atoms with Crippen LogP contribution in [0.2, 0.25) is 0 Å². The molecule has 3 heterocycles. The number of imidazole rings is 1. The first-order valence-corrected chi connectivity index (χ1v) is 10.2. The van der Waals surface area contributed by atoms with Crippen molar-refractivity contribution in [2.45, 2.75) is 32.6 Å². The molecule has 8 nitrogen and oxygen atoms in total. The van der Waals surface area contributed by atoms with Crippen molar-refractivity contribution in [3.05, 3.63) is 77.0 Å². The monoisotopic (exact) mass is 435 g/mol. The summed E-state index contributed by atoms with van der Waals surface area (Å²) in [5, 5.41) is 8.21. The van der Waals surface area contributed by atoms with Gasteiger partial charge in [-0.1, -0.05) is 18.2 Å². The van der Waals surface area contributed by atoms with Crippen LogP contribution < -0.4 is 15.0 Å². The van der Waals surface area contributed by atoms with Gasteiger partial charge in [0.2, 0.25) is 6.79 Å². The minimum atomic E-state index is -0.767. The molecule has 1 aliphatic rings. The normalized spacial score (nSPS) is 13.1. The number of aromatic amines is 1. The first-order chi connectivity index (χ1) is 15.4. The molecule has 0 unspecified atom stereocenters. The Morgan fingerprint density at radius 3 is 2.69 bits per heavy atom. The van der Waals surface area contributed by atoms with Gasteiger partial charge in [0.05, 0.1) is 19.5 Å². The average Bonchev–Trinajstić information content (AvgIpc) is 3.43. The first-order valence-electron chi connectivity index (χ1n) is 10.2. The van der Waals surface area contributed by atoms with Crippen LogP contribution in [0.3, 0.4) is 0 Å². The van der Waals surface area contributed by atoms with Crippen LogP contribution in [0.15, 0.2) is 48.8 Å². The van der Waals surface area contributed by atoms with Crippen LogP contribution in [0.1, 0.15) is 30.8 Å². The maximum Gasteiger partial charge on any atom is 0.231 e. The molecule has 9 heteroatoms. The molecular formula is C23H22FN5O3. The van der Waals surface area contributed by atoms with Crippen LogP contribution in [0.25, 0.3) is 11.2 Å². The number of hydrogen-bond donors (Lipinski definition) is 2. The zero-order chi connectivity index (χ0) is 22.3. The maximum absolute atomic E-state index is 13.1. The van der Waals surface area contributed by atoms with Gasteiger partial charge in [0.25, 0.3) is 0 Å². The molecule has 4 aromatic rings. The molecule has 1 aliphatic heterocycles. The summed E-state index contributed by atoms with van der Waals surface area (Å²) in [6.07, 6.45) is 1.60. The lowest BCUT2D eigenvalue weighted by atomic mass is 10.1. The molecule has 2 aromatic heterocycles. The van der Waals surface area contributed by atoms with Crippen molar-refractivity contribution in [1.82, 2.24) is 19.5 Å². The van der Waals surface area contributed by atoms with E-state index in [-0.39, 0.29) is 18.1 Å². The summed E-state index contributed by atoms with van der Waals surface area (Å²) in [7, 11) is 0. The fourth-order valence-electron chi connectivity index (χ4n) is 3.53. The van der Waals surface area contributed by atoms with Crippen molar-refractivity contribution >= 4 is 11.2 Å². The number of H-pyrrole nitrogens is 1. The van der Waals surface area contributed by atoms with Crippen LogP contribution in [-0.2, 0) is 23.5 Å². The summed E-state index contributed by atoms with van der Waals surface area (Å²) in [6.45, 7) is 4.82. The van der Waals surface area contributed by atoms with Crippen LogP contribution >= 0.6 is 0 Å². The molecule has 2 aromatic carbocycles. The Labute approximate surface area is 183 Å². The summed E-state index contributed by atoms with van der Waals surface area (Å²) in [4.78, 5) is 12.2.